The normalized spacial score (nSPS) is 14.3. The van der Waals surface area contributed by atoms with Gasteiger partial charge >= 0.3 is 0 Å². The Balaban J connectivity index is 1.27. The standard InChI is InChI=1S/C54H52N2/c1-35(2)47-49-43-31-29-41(55(37-21-13-9-14-22-37)38-23-15-10-16-24-38)33-45(43)54(7,8)52(49)48(36(3)4)50-44-32-30-42(34-46(44)53(5,6)51(47)50)56(39-25-17-11-18-26-39)40-27-19-12-20-28-40/h9-36H,1-8H3. The Labute approximate surface area is 334 Å². The second-order valence-electron chi connectivity index (χ2n) is 17.4. The molecule has 0 unspecified atom stereocenters. The first kappa shape index (κ1) is 35.8. The highest BCUT2D eigenvalue weighted by atomic mass is 15.1. The highest BCUT2D eigenvalue weighted by molar-refractivity contribution is 5.97. The third-order valence-corrected chi connectivity index (χ3v) is 12.4. The minimum atomic E-state index is -0.206. The highest BCUT2D eigenvalue weighted by Crippen LogP contribution is 2.63. The lowest BCUT2D eigenvalue weighted by atomic mass is 9.70. The van der Waals surface area contributed by atoms with E-state index in [1.54, 1.807) is 0 Å². The van der Waals surface area contributed by atoms with E-state index in [1.807, 2.05) is 0 Å². The van der Waals surface area contributed by atoms with Gasteiger partial charge in [-0.2, -0.15) is 0 Å². The van der Waals surface area contributed by atoms with Crippen LogP contribution < -0.4 is 9.80 Å². The van der Waals surface area contributed by atoms with Gasteiger partial charge in [0.05, 0.1) is 0 Å². The minimum Gasteiger partial charge on any atom is -0.310 e. The Kier molecular flexibility index (Phi) is 8.58. The van der Waals surface area contributed by atoms with Crippen molar-refractivity contribution in [3.05, 3.63) is 191 Å². The van der Waals surface area contributed by atoms with Crippen LogP contribution in [0.25, 0.3) is 22.3 Å². The fourth-order valence-electron chi connectivity index (χ4n) is 10.1. The van der Waals surface area contributed by atoms with E-state index in [0.29, 0.717) is 11.8 Å². The Bertz CT molecular complexity index is 2300. The summed E-state index contributed by atoms with van der Waals surface area (Å²) in [5.41, 5.74) is 21.2. The number of hydrogen-bond donors (Lipinski definition) is 0. The molecule has 2 aliphatic carbocycles. The van der Waals surface area contributed by atoms with Gasteiger partial charge in [-0.3, -0.25) is 0 Å². The van der Waals surface area contributed by atoms with Crippen molar-refractivity contribution in [3.63, 3.8) is 0 Å². The second-order valence-corrected chi connectivity index (χ2v) is 17.4. The smallest absolute Gasteiger partial charge is 0.0465 e. The molecular formula is C54H52N2. The molecule has 0 heterocycles. The van der Waals surface area contributed by atoms with Crippen molar-refractivity contribution < 1.29 is 0 Å². The summed E-state index contributed by atoms with van der Waals surface area (Å²) in [6, 6.07) is 57.7. The molecule has 2 aliphatic rings. The summed E-state index contributed by atoms with van der Waals surface area (Å²) in [6.07, 6.45) is 0. The second kappa shape index (κ2) is 13.4. The van der Waals surface area contributed by atoms with Crippen LogP contribution in [0.2, 0.25) is 0 Å². The molecule has 0 fully saturated rings. The van der Waals surface area contributed by atoms with E-state index < -0.39 is 0 Å². The summed E-state index contributed by atoms with van der Waals surface area (Å²) in [5.74, 6) is 0.673. The van der Waals surface area contributed by atoms with E-state index >= 15 is 0 Å². The number of rotatable bonds is 8. The van der Waals surface area contributed by atoms with Gasteiger partial charge in [0.15, 0.2) is 0 Å². The van der Waals surface area contributed by atoms with Crippen LogP contribution in [0.5, 0.6) is 0 Å². The van der Waals surface area contributed by atoms with Gasteiger partial charge in [-0.05, 0) is 140 Å². The van der Waals surface area contributed by atoms with Crippen molar-refractivity contribution in [3.8, 4) is 22.3 Å². The van der Waals surface area contributed by atoms with E-state index in [2.05, 4.69) is 223 Å². The lowest BCUT2D eigenvalue weighted by molar-refractivity contribution is 0.627. The molecule has 0 amide bonds. The number of para-hydroxylation sites is 4. The molecule has 0 saturated heterocycles. The first-order chi connectivity index (χ1) is 27.0. The molecule has 0 N–H and O–H groups in total. The van der Waals surface area contributed by atoms with Gasteiger partial charge in [0, 0.05) is 45.0 Å². The lowest BCUT2D eigenvalue weighted by Gasteiger charge is -2.33. The first-order valence-electron chi connectivity index (χ1n) is 20.3. The van der Waals surface area contributed by atoms with Crippen molar-refractivity contribution in [2.75, 3.05) is 9.80 Å². The third-order valence-electron chi connectivity index (χ3n) is 12.4. The van der Waals surface area contributed by atoms with Crippen LogP contribution in [-0.4, -0.2) is 0 Å². The van der Waals surface area contributed by atoms with E-state index in [-0.39, 0.29) is 10.8 Å². The molecule has 0 bridgehead atoms. The zero-order valence-corrected chi connectivity index (χ0v) is 34.1. The summed E-state index contributed by atoms with van der Waals surface area (Å²) in [4.78, 5) is 4.80. The van der Waals surface area contributed by atoms with Crippen molar-refractivity contribution in [2.45, 2.75) is 78.1 Å². The summed E-state index contributed by atoms with van der Waals surface area (Å²) in [7, 11) is 0. The molecule has 56 heavy (non-hydrogen) atoms. The van der Waals surface area contributed by atoms with Crippen LogP contribution in [0.1, 0.15) is 101 Å². The van der Waals surface area contributed by atoms with Crippen molar-refractivity contribution in [1.82, 2.24) is 0 Å². The molecule has 0 saturated carbocycles. The van der Waals surface area contributed by atoms with Gasteiger partial charge in [0.25, 0.3) is 0 Å². The molecule has 7 aromatic rings. The molecule has 0 radical (unpaired) electrons. The van der Waals surface area contributed by atoms with E-state index in [1.165, 1.54) is 67.0 Å². The average Bonchev–Trinajstić information content (AvgIpc) is 3.58. The van der Waals surface area contributed by atoms with Crippen LogP contribution in [0, 0.1) is 0 Å². The zero-order chi connectivity index (χ0) is 38.9. The average molecular weight is 729 g/mol. The Morgan fingerprint density at radius 1 is 0.357 bits per heavy atom. The first-order valence-corrected chi connectivity index (χ1v) is 20.3. The van der Waals surface area contributed by atoms with Crippen LogP contribution in [0.4, 0.5) is 34.1 Å². The van der Waals surface area contributed by atoms with Gasteiger partial charge in [-0.15, -0.1) is 0 Å². The summed E-state index contributed by atoms with van der Waals surface area (Å²) >= 11 is 0. The van der Waals surface area contributed by atoms with Gasteiger partial charge in [-0.1, -0.05) is 140 Å². The van der Waals surface area contributed by atoms with E-state index in [4.69, 9.17) is 0 Å². The SMILES string of the molecule is CC(C)c1c2c(c(C(C)C)c3c1C(C)(C)c1cc(N(c4ccccc4)c4ccccc4)ccc1-3)C(C)(C)c1cc(N(c3ccccc3)c3ccccc3)ccc1-2. The monoisotopic (exact) mass is 728 g/mol. The summed E-state index contributed by atoms with van der Waals surface area (Å²) < 4.78 is 0. The fourth-order valence-corrected chi connectivity index (χ4v) is 10.1. The fraction of sp³-hybridized carbons (Fsp3) is 0.222. The minimum absolute atomic E-state index is 0.206. The quantitative estimate of drug-likeness (QED) is 0.154. The molecular weight excluding hydrogens is 677 g/mol. The number of nitrogens with zero attached hydrogens (tertiary/aromatic N) is 2. The van der Waals surface area contributed by atoms with Crippen molar-refractivity contribution in [1.29, 1.82) is 0 Å². The summed E-state index contributed by atoms with van der Waals surface area (Å²) in [5, 5.41) is 0. The molecule has 0 aromatic heterocycles. The molecule has 2 heteroatoms. The van der Waals surface area contributed by atoms with E-state index in [9.17, 15) is 0 Å². The topological polar surface area (TPSA) is 6.48 Å². The molecule has 9 rings (SSSR count). The maximum Gasteiger partial charge on any atom is 0.0465 e. The largest absolute Gasteiger partial charge is 0.310 e. The van der Waals surface area contributed by atoms with Gasteiger partial charge < -0.3 is 9.80 Å². The summed E-state index contributed by atoms with van der Waals surface area (Å²) in [6.45, 7) is 19.5. The van der Waals surface area contributed by atoms with Crippen LogP contribution in [0.15, 0.2) is 158 Å². The van der Waals surface area contributed by atoms with E-state index in [0.717, 1.165) is 22.7 Å². The number of anilines is 6. The maximum atomic E-state index is 2.49. The molecule has 278 valence electrons. The number of benzene rings is 7. The Morgan fingerprint density at radius 2 is 0.643 bits per heavy atom. The van der Waals surface area contributed by atoms with Crippen molar-refractivity contribution in [2.24, 2.45) is 0 Å². The predicted molar refractivity (Wildman–Crippen MR) is 239 cm³/mol. The highest BCUT2D eigenvalue weighted by Gasteiger charge is 2.48. The van der Waals surface area contributed by atoms with Crippen LogP contribution >= 0.6 is 0 Å². The zero-order valence-electron chi connectivity index (χ0n) is 34.1. The number of fused-ring (bicyclic) bond motifs is 6. The van der Waals surface area contributed by atoms with Gasteiger partial charge in [0.1, 0.15) is 0 Å². The van der Waals surface area contributed by atoms with Crippen LogP contribution in [0.3, 0.4) is 0 Å². The van der Waals surface area contributed by atoms with Gasteiger partial charge in [-0.25, -0.2) is 0 Å². The molecule has 0 spiro atoms. The number of hydrogen-bond acceptors (Lipinski definition) is 2. The molecule has 2 nitrogen and oxygen atoms in total. The lowest BCUT2D eigenvalue weighted by Crippen LogP contribution is -2.23. The Hall–Kier alpha value is -5.86. The van der Waals surface area contributed by atoms with Crippen molar-refractivity contribution >= 4 is 34.1 Å². The van der Waals surface area contributed by atoms with Crippen LogP contribution in [-0.2, 0) is 10.8 Å². The Morgan fingerprint density at radius 3 is 0.911 bits per heavy atom. The molecule has 0 atom stereocenters. The third kappa shape index (κ3) is 5.45. The predicted octanol–water partition coefficient (Wildman–Crippen LogP) is 15.5. The molecule has 7 aromatic carbocycles. The van der Waals surface area contributed by atoms with Gasteiger partial charge in [0.2, 0.25) is 0 Å². The molecule has 0 aliphatic heterocycles. The maximum absolute atomic E-state index is 2.49.